The van der Waals surface area contributed by atoms with Crippen molar-refractivity contribution in [2.75, 3.05) is 12.0 Å². The number of rotatable bonds is 3. The Morgan fingerprint density at radius 1 is 1.13 bits per heavy atom. The molecule has 7 heteroatoms. The van der Waals surface area contributed by atoms with Crippen molar-refractivity contribution >= 4 is 17.6 Å². The first kappa shape index (κ1) is 15.1. The van der Waals surface area contributed by atoms with Crippen LogP contribution in [0, 0.1) is 18.3 Å². The Hall–Kier alpha value is -2.85. The molecule has 0 bridgehead atoms. The van der Waals surface area contributed by atoms with Crippen LogP contribution in [0.4, 0.5) is 5.82 Å². The maximum Gasteiger partial charge on any atom is 0.178 e. The number of hydrogen-bond acceptors (Lipinski definition) is 6. The smallest absolute Gasteiger partial charge is 0.178 e. The van der Waals surface area contributed by atoms with Crippen LogP contribution in [0.1, 0.15) is 11.1 Å². The highest BCUT2D eigenvalue weighted by atomic mass is 32.2. The zero-order chi connectivity index (χ0) is 16.4. The molecule has 114 valence electrons. The van der Waals surface area contributed by atoms with Gasteiger partial charge in [0.1, 0.15) is 22.5 Å². The lowest BCUT2D eigenvalue weighted by Crippen LogP contribution is -2.05. The predicted octanol–water partition coefficient (Wildman–Crippen LogP) is 2.81. The van der Waals surface area contributed by atoms with Crippen LogP contribution in [-0.4, -0.2) is 26.2 Å². The minimum Gasteiger partial charge on any atom is -0.382 e. The standard InChI is InChI=1S/C16H14N6S/c1-10-3-5-11(6-4-10)13-7-8-14(20-19-13)22-15(18)12(9-17)16(21-22)23-2/h3-8H,18H2,1-2H3. The highest BCUT2D eigenvalue weighted by molar-refractivity contribution is 7.98. The normalized spacial score (nSPS) is 10.5. The second-order valence-electron chi connectivity index (χ2n) is 4.94. The monoisotopic (exact) mass is 322 g/mol. The van der Waals surface area contributed by atoms with Gasteiger partial charge in [-0.15, -0.1) is 22.0 Å². The van der Waals surface area contributed by atoms with Gasteiger partial charge >= 0.3 is 0 Å². The van der Waals surface area contributed by atoms with Gasteiger partial charge in [0, 0.05) is 5.56 Å². The largest absolute Gasteiger partial charge is 0.382 e. The number of nitrogens with two attached hydrogens (primary N) is 1. The van der Waals surface area contributed by atoms with Crippen molar-refractivity contribution in [1.29, 1.82) is 5.26 Å². The van der Waals surface area contributed by atoms with E-state index in [0.717, 1.165) is 11.3 Å². The van der Waals surface area contributed by atoms with E-state index in [4.69, 9.17) is 5.73 Å². The molecule has 0 unspecified atom stereocenters. The summed E-state index contributed by atoms with van der Waals surface area (Å²) >= 11 is 1.37. The minimum atomic E-state index is 0.272. The van der Waals surface area contributed by atoms with Crippen LogP contribution >= 0.6 is 11.8 Å². The van der Waals surface area contributed by atoms with E-state index in [0.29, 0.717) is 16.4 Å². The fourth-order valence-corrected chi connectivity index (χ4v) is 2.67. The maximum absolute atomic E-state index is 9.17. The Kier molecular flexibility index (Phi) is 4.00. The topological polar surface area (TPSA) is 93.4 Å². The van der Waals surface area contributed by atoms with Gasteiger partial charge in [0.05, 0.1) is 5.69 Å². The third-order valence-corrected chi connectivity index (χ3v) is 4.08. The molecule has 0 atom stereocenters. The summed E-state index contributed by atoms with van der Waals surface area (Å²) < 4.78 is 1.44. The lowest BCUT2D eigenvalue weighted by molar-refractivity contribution is 0.795. The summed E-state index contributed by atoms with van der Waals surface area (Å²) in [7, 11) is 0. The van der Waals surface area contributed by atoms with E-state index in [2.05, 4.69) is 21.4 Å². The molecule has 0 saturated carbocycles. The van der Waals surface area contributed by atoms with Gasteiger partial charge in [-0.2, -0.15) is 15.0 Å². The molecule has 0 fully saturated rings. The number of aryl methyl sites for hydroxylation is 1. The fraction of sp³-hybridized carbons (Fsp3) is 0.125. The maximum atomic E-state index is 9.17. The third-order valence-electron chi connectivity index (χ3n) is 3.41. The summed E-state index contributed by atoms with van der Waals surface area (Å²) in [6, 6.07) is 13.8. The molecule has 6 nitrogen and oxygen atoms in total. The first-order valence-corrected chi connectivity index (χ1v) is 8.10. The van der Waals surface area contributed by atoms with Crippen molar-refractivity contribution < 1.29 is 0 Å². The van der Waals surface area contributed by atoms with Crippen molar-refractivity contribution in [3.05, 3.63) is 47.5 Å². The molecule has 2 heterocycles. The molecule has 0 radical (unpaired) electrons. The number of benzene rings is 1. The van der Waals surface area contributed by atoms with Crippen molar-refractivity contribution in [3.8, 4) is 23.1 Å². The molecule has 3 aromatic rings. The van der Waals surface area contributed by atoms with Gasteiger partial charge < -0.3 is 5.73 Å². The number of thioether (sulfide) groups is 1. The number of nitriles is 1. The predicted molar refractivity (Wildman–Crippen MR) is 90.2 cm³/mol. The van der Waals surface area contributed by atoms with Crippen molar-refractivity contribution in [2.45, 2.75) is 11.9 Å². The molecule has 2 N–H and O–H groups in total. The van der Waals surface area contributed by atoms with E-state index >= 15 is 0 Å². The Morgan fingerprint density at radius 3 is 2.39 bits per heavy atom. The van der Waals surface area contributed by atoms with E-state index in [1.54, 1.807) is 6.07 Å². The van der Waals surface area contributed by atoms with Crippen molar-refractivity contribution in [2.24, 2.45) is 0 Å². The van der Waals surface area contributed by atoms with E-state index < -0.39 is 0 Å². The average Bonchev–Trinajstić information content (AvgIpc) is 2.91. The fourth-order valence-electron chi connectivity index (χ4n) is 2.15. The summed E-state index contributed by atoms with van der Waals surface area (Å²) in [4.78, 5) is 0. The molecule has 0 aliphatic carbocycles. The molecule has 0 spiro atoms. The molecular formula is C16H14N6S. The summed E-state index contributed by atoms with van der Waals surface area (Å²) in [6.45, 7) is 2.04. The summed E-state index contributed by atoms with van der Waals surface area (Å²) in [5.41, 5.74) is 9.30. The van der Waals surface area contributed by atoms with E-state index in [-0.39, 0.29) is 5.82 Å². The van der Waals surface area contributed by atoms with Crippen LogP contribution in [0.3, 0.4) is 0 Å². The van der Waals surface area contributed by atoms with Gasteiger partial charge in [0.15, 0.2) is 5.82 Å². The highest BCUT2D eigenvalue weighted by Crippen LogP contribution is 2.26. The zero-order valence-corrected chi connectivity index (χ0v) is 13.5. The van der Waals surface area contributed by atoms with E-state index in [1.165, 1.54) is 22.0 Å². The number of anilines is 1. The third kappa shape index (κ3) is 2.76. The van der Waals surface area contributed by atoms with Gasteiger partial charge in [-0.25, -0.2) is 0 Å². The SMILES string of the molecule is CSc1nn(-c2ccc(-c3ccc(C)cc3)nn2)c(N)c1C#N. The summed E-state index contributed by atoms with van der Waals surface area (Å²) in [5, 5.41) is 22.5. The lowest BCUT2D eigenvalue weighted by atomic mass is 10.1. The van der Waals surface area contributed by atoms with Gasteiger partial charge in [-0.1, -0.05) is 29.8 Å². The van der Waals surface area contributed by atoms with E-state index in [9.17, 15) is 5.26 Å². The second-order valence-corrected chi connectivity index (χ2v) is 5.73. The summed E-state index contributed by atoms with van der Waals surface area (Å²) in [5.74, 6) is 0.754. The van der Waals surface area contributed by atoms with Crippen LogP contribution in [0.5, 0.6) is 0 Å². The van der Waals surface area contributed by atoms with Crippen LogP contribution in [-0.2, 0) is 0 Å². The molecule has 2 aromatic heterocycles. The minimum absolute atomic E-state index is 0.272. The van der Waals surface area contributed by atoms with Gasteiger partial charge in [0.25, 0.3) is 0 Å². The highest BCUT2D eigenvalue weighted by Gasteiger charge is 2.16. The second kappa shape index (κ2) is 6.10. The first-order chi connectivity index (χ1) is 11.1. The van der Waals surface area contributed by atoms with Gasteiger partial charge in [0.2, 0.25) is 0 Å². The number of hydrogen-bond donors (Lipinski definition) is 1. The van der Waals surface area contributed by atoms with Crippen LogP contribution in [0.25, 0.3) is 17.1 Å². The van der Waals surface area contributed by atoms with Crippen LogP contribution in [0.15, 0.2) is 41.4 Å². The Bertz CT molecular complexity index is 875. The molecule has 0 saturated heterocycles. The molecular weight excluding hydrogens is 308 g/mol. The zero-order valence-electron chi connectivity index (χ0n) is 12.7. The van der Waals surface area contributed by atoms with Crippen LogP contribution in [0.2, 0.25) is 0 Å². The van der Waals surface area contributed by atoms with Crippen LogP contribution < -0.4 is 5.73 Å². The van der Waals surface area contributed by atoms with Gasteiger partial charge in [-0.3, -0.25) is 0 Å². The Morgan fingerprint density at radius 2 is 1.87 bits per heavy atom. The molecule has 0 amide bonds. The lowest BCUT2D eigenvalue weighted by Gasteiger charge is -2.04. The Balaban J connectivity index is 1.99. The number of nitrogen functional groups attached to an aromatic ring is 1. The molecule has 0 aliphatic rings. The summed E-state index contributed by atoms with van der Waals surface area (Å²) in [6.07, 6.45) is 1.85. The number of nitrogens with zero attached hydrogens (tertiary/aromatic N) is 5. The Labute approximate surface area is 138 Å². The number of aromatic nitrogens is 4. The molecule has 1 aromatic carbocycles. The molecule has 0 aliphatic heterocycles. The quantitative estimate of drug-likeness (QED) is 0.745. The molecule has 23 heavy (non-hydrogen) atoms. The molecule has 3 rings (SSSR count). The van der Waals surface area contributed by atoms with Crippen molar-refractivity contribution in [3.63, 3.8) is 0 Å². The van der Waals surface area contributed by atoms with E-state index in [1.807, 2.05) is 43.5 Å². The average molecular weight is 322 g/mol. The van der Waals surface area contributed by atoms with Crippen molar-refractivity contribution in [1.82, 2.24) is 20.0 Å². The first-order valence-electron chi connectivity index (χ1n) is 6.87. The van der Waals surface area contributed by atoms with Gasteiger partial charge in [-0.05, 0) is 25.3 Å².